The summed E-state index contributed by atoms with van der Waals surface area (Å²) in [6.45, 7) is 9.55. The van der Waals surface area contributed by atoms with E-state index in [9.17, 15) is 4.79 Å². The molecule has 1 unspecified atom stereocenters. The summed E-state index contributed by atoms with van der Waals surface area (Å²) >= 11 is 1.88. The number of thioether (sulfide) groups is 1. The lowest BCUT2D eigenvalue weighted by atomic mass is 10.2. The van der Waals surface area contributed by atoms with Crippen LogP contribution in [0.25, 0.3) is 0 Å². The summed E-state index contributed by atoms with van der Waals surface area (Å²) in [5.41, 5.74) is 3.15. The number of ether oxygens (including phenoxy) is 1. The zero-order chi connectivity index (χ0) is 20.8. The smallest absolute Gasteiger partial charge is 0.321 e. The molecule has 5 nitrogen and oxygen atoms in total. The molecular formula is C23H31N3O2S. The van der Waals surface area contributed by atoms with Gasteiger partial charge in [0.1, 0.15) is 5.75 Å². The van der Waals surface area contributed by atoms with Gasteiger partial charge >= 0.3 is 6.03 Å². The maximum Gasteiger partial charge on any atom is 0.321 e. The molecular weight excluding hydrogens is 382 g/mol. The SMILES string of the molecule is CCC(C)Sc1ccc(NC(=O)N2CCN(c3ccc(OC)cc3)CC2)c(C)c1. The van der Waals surface area contributed by atoms with E-state index in [0.717, 1.165) is 42.2 Å². The second-order valence-corrected chi connectivity index (χ2v) is 8.93. The van der Waals surface area contributed by atoms with E-state index < -0.39 is 0 Å². The molecule has 0 saturated carbocycles. The van der Waals surface area contributed by atoms with E-state index in [1.54, 1.807) is 7.11 Å². The van der Waals surface area contributed by atoms with Gasteiger partial charge in [0.2, 0.25) is 0 Å². The quantitative estimate of drug-likeness (QED) is 0.657. The van der Waals surface area contributed by atoms with Crippen LogP contribution in [-0.4, -0.2) is 49.5 Å². The van der Waals surface area contributed by atoms with Gasteiger partial charge in [-0.2, -0.15) is 0 Å². The molecule has 0 spiro atoms. The zero-order valence-corrected chi connectivity index (χ0v) is 18.6. The van der Waals surface area contributed by atoms with Crippen molar-refractivity contribution in [3.05, 3.63) is 48.0 Å². The van der Waals surface area contributed by atoms with Gasteiger partial charge in [-0.05, 0) is 61.4 Å². The highest BCUT2D eigenvalue weighted by Crippen LogP contribution is 2.28. The van der Waals surface area contributed by atoms with Crippen LogP contribution in [0, 0.1) is 6.92 Å². The largest absolute Gasteiger partial charge is 0.497 e. The number of urea groups is 1. The van der Waals surface area contributed by atoms with Gasteiger partial charge < -0.3 is 19.9 Å². The number of piperazine rings is 1. The molecule has 0 radical (unpaired) electrons. The van der Waals surface area contributed by atoms with Crippen molar-refractivity contribution in [2.45, 2.75) is 37.3 Å². The van der Waals surface area contributed by atoms with Crippen LogP contribution in [0.2, 0.25) is 0 Å². The Bertz CT molecular complexity index is 817. The van der Waals surface area contributed by atoms with Crippen LogP contribution in [0.4, 0.5) is 16.2 Å². The Hall–Kier alpha value is -2.34. The normalized spacial score (nSPS) is 15.2. The summed E-state index contributed by atoms with van der Waals surface area (Å²) < 4.78 is 5.22. The lowest BCUT2D eigenvalue weighted by Crippen LogP contribution is -2.50. The van der Waals surface area contributed by atoms with Crippen molar-refractivity contribution < 1.29 is 9.53 Å². The molecule has 1 atom stereocenters. The zero-order valence-electron chi connectivity index (χ0n) is 17.8. The minimum atomic E-state index is -0.0233. The highest BCUT2D eigenvalue weighted by molar-refractivity contribution is 7.99. The number of methoxy groups -OCH3 is 1. The Morgan fingerprint density at radius 1 is 1.14 bits per heavy atom. The molecule has 1 fully saturated rings. The van der Waals surface area contributed by atoms with Gasteiger partial charge in [-0.1, -0.05) is 13.8 Å². The Kier molecular flexibility index (Phi) is 7.31. The van der Waals surface area contributed by atoms with Gasteiger partial charge in [-0.3, -0.25) is 0 Å². The molecule has 29 heavy (non-hydrogen) atoms. The molecule has 0 aliphatic carbocycles. The van der Waals surface area contributed by atoms with Gasteiger partial charge in [-0.15, -0.1) is 11.8 Å². The standard InChI is InChI=1S/C23H31N3O2S/c1-5-18(3)29-21-10-11-22(17(2)16-21)24-23(27)26-14-12-25(13-15-26)19-6-8-20(28-4)9-7-19/h6-11,16,18H,5,12-15H2,1-4H3,(H,24,27). The molecule has 1 heterocycles. The first-order chi connectivity index (χ1) is 14.0. The molecule has 6 heteroatoms. The molecule has 1 aliphatic heterocycles. The summed E-state index contributed by atoms with van der Waals surface area (Å²) in [5.74, 6) is 0.857. The summed E-state index contributed by atoms with van der Waals surface area (Å²) in [6.07, 6.45) is 1.14. The van der Waals surface area contributed by atoms with Crippen molar-refractivity contribution in [3.63, 3.8) is 0 Å². The molecule has 156 valence electrons. The number of hydrogen-bond acceptors (Lipinski definition) is 4. The number of carbonyl (C=O) groups excluding carboxylic acids is 1. The number of carbonyl (C=O) groups is 1. The third-order valence-electron chi connectivity index (χ3n) is 5.36. The average Bonchev–Trinajstić information content (AvgIpc) is 2.75. The maximum atomic E-state index is 12.7. The third kappa shape index (κ3) is 5.60. The van der Waals surface area contributed by atoms with Crippen molar-refractivity contribution in [3.8, 4) is 5.75 Å². The van der Waals surface area contributed by atoms with Crippen molar-refractivity contribution in [2.75, 3.05) is 43.5 Å². The Morgan fingerprint density at radius 2 is 1.83 bits per heavy atom. The summed E-state index contributed by atoms with van der Waals surface area (Å²) in [4.78, 5) is 18.2. The van der Waals surface area contributed by atoms with Crippen molar-refractivity contribution in [2.24, 2.45) is 0 Å². The monoisotopic (exact) mass is 413 g/mol. The fourth-order valence-electron chi connectivity index (χ4n) is 3.32. The maximum absolute atomic E-state index is 12.7. The predicted molar refractivity (Wildman–Crippen MR) is 123 cm³/mol. The van der Waals surface area contributed by atoms with Crippen LogP contribution in [0.3, 0.4) is 0 Å². The van der Waals surface area contributed by atoms with Crippen LogP contribution < -0.4 is 15.0 Å². The Morgan fingerprint density at radius 3 is 2.41 bits per heavy atom. The van der Waals surface area contributed by atoms with Crippen LogP contribution in [0.1, 0.15) is 25.8 Å². The molecule has 1 aliphatic rings. The minimum absolute atomic E-state index is 0.0233. The van der Waals surface area contributed by atoms with E-state index in [0.29, 0.717) is 18.3 Å². The van der Waals surface area contributed by atoms with E-state index in [1.165, 1.54) is 4.90 Å². The lowest BCUT2D eigenvalue weighted by molar-refractivity contribution is 0.208. The number of rotatable bonds is 6. The van der Waals surface area contributed by atoms with Crippen LogP contribution >= 0.6 is 11.8 Å². The van der Waals surface area contributed by atoms with Crippen molar-refractivity contribution in [1.29, 1.82) is 0 Å². The van der Waals surface area contributed by atoms with Crippen LogP contribution in [-0.2, 0) is 0 Å². The van der Waals surface area contributed by atoms with E-state index in [4.69, 9.17) is 4.74 Å². The van der Waals surface area contributed by atoms with E-state index >= 15 is 0 Å². The number of benzene rings is 2. The lowest BCUT2D eigenvalue weighted by Gasteiger charge is -2.36. The van der Waals surface area contributed by atoms with Crippen molar-refractivity contribution >= 4 is 29.2 Å². The van der Waals surface area contributed by atoms with Gasteiger partial charge in [-0.25, -0.2) is 4.79 Å². The van der Waals surface area contributed by atoms with Crippen molar-refractivity contribution in [1.82, 2.24) is 4.90 Å². The number of nitrogens with zero attached hydrogens (tertiary/aromatic N) is 2. The van der Waals surface area contributed by atoms with E-state index in [-0.39, 0.29) is 6.03 Å². The fourth-order valence-corrected chi connectivity index (χ4v) is 4.34. The number of anilines is 2. The van der Waals surface area contributed by atoms with Crippen LogP contribution in [0.15, 0.2) is 47.4 Å². The number of amides is 2. The summed E-state index contributed by atoms with van der Waals surface area (Å²) in [5, 5.41) is 3.68. The first-order valence-corrected chi connectivity index (χ1v) is 11.1. The highest BCUT2D eigenvalue weighted by atomic mass is 32.2. The van der Waals surface area contributed by atoms with Gasteiger partial charge in [0.15, 0.2) is 0 Å². The molecule has 2 aromatic carbocycles. The summed E-state index contributed by atoms with van der Waals surface area (Å²) in [7, 11) is 1.67. The third-order valence-corrected chi connectivity index (χ3v) is 6.62. The first kappa shape index (κ1) is 21.4. The van der Waals surface area contributed by atoms with E-state index in [2.05, 4.69) is 55.3 Å². The average molecular weight is 414 g/mol. The molecule has 0 bridgehead atoms. The van der Waals surface area contributed by atoms with Gasteiger partial charge in [0.25, 0.3) is 0 Å². The molecule has 0 aromatic heterocycles. The molecule has 1 saturated heterocycles. The molecule has 2 amide bonds. The Balaban J connectivity index is 1.54. The Labute approximate surface area is 178 Å². The molecule has 2 aromatic rings. The number of nitrogens with one attached hydrogen (secondary N) is 1. The van der Waals surface area contributed by atoms with E-state index in [1.807, 2.05) is 34.9 Å². The first-order valence-electron chi connectivity index (χ1n) is 10.2. The summed E-state index contributed by atoms with van der Waals surface area (Å²) in [6, 6.07) is 14.3. The number of aryl methyl sites for hydroxylation is 1. The van der Waals surface area contributed by atoms with Crippen LogP contribution in [0.5, 0.6) is 5.75 Å². The molecule has 3 rings (SSSR count). The van der Waals surface area contributed by atoms with Gasteiger partial charge in [0.05, 0.1) is 7.11 Å². The highest BCUT2D eigenvalue weighted by Gasteiger charge is 2.21. The predicted octanol–water partition coefficient (Wildman–Crippen LogP) is 5.25. The number of hydrogen-bond donors (Lipinski definition) is 1. The molecule has 1 N–H and O–H groups in total. The second kappa shape index (κ2) is 9.92. The second-order valence-electron chi connectivity index (χ2n) is 7.42. The minimum Gasteiger partial charge on any atom is -0.497 e. The fraction of sp³-hybridized carbons (Fsp3) is 0.435. The van der Waals surface area contributed by atoms with Gasteiger partial charge in [0, 0.05) is 47.7 Å². The topological polar surface area (TPSA) is 44.8 Å².